The van der Waals surface area contributed by atoms with Crippen molar-refractivity contribution in [3.63, 3.8) is 0 Å². The van der Waals surface area contributed by atoms with Gasteiger partial charge in [-0.3, -0.25) is 9.59 Å². The second-order valence-electron chi connectivity index (χ2n) is 6.26. The largest absolute Gasteiger partial charge is 0.497 e. The fourth-order valence-corrected chi connectivity index (χ4v) is 2.93. The van der Waals surface area contributed by atoms with Crippen LogP contribution in [0.3, 0.4) is 0 Å². The highest BCUT2D eigenvalue weighted by atomic mass is 16.5. The topological polar surface area (TPSA) is 83.2 Å². The van der Waals surface area contributed by atoms with E-state index in [2.05, 4.69) is 15.6 Å². The zero-order chi connectivity index (χ0) is 19.1. The molecule has 6 nitrogen and oxygen atoms in total. The Morgan fingerprint density at radius 2 is 1.89 bits per heavy atom. The van der Waals surface area contributed by atoms with Crippen LogP contribution in [0.2, 0.25) is 0 Å². The number of rotatable bonds is 8. The summed E-state index contributed by atoms with van der Waals surface area (Å²) in [5.74, 6) is 0.413. The van der Waals surface area contributed by atoms with Crippen molar-refractivity contribution < 1.29 is 14.3 Å². The first-order valence-electron chi connectivity index (χ1n) is 8.87. The number of fused-ring (bicyclic) bond motifs is 1. The average Bonchev–Trinajstić information content (AvgIpc) is 3.09. The Bertz CT molecular complexity index is 933. The summed E-state index contributed by atoms with van der Waals surface area (Å²) in [6, 6.07) is 15.5. The predicted molar refractivity (Wildman–Crippen MR) is 105 cm³/mol. The zero-order valence-corrected chi connectivity index (χ0v) is 15.2. The Labute approximate surface area is 157 Å². The van der Waals surface area contributed by atoms with Gasteiger partial charge in [0.1, 0.15) is 5.75 Å². The molecule has 2 aromatic carbocycles. The number of para-hydroxylation sites is 1. The average molecular weight is 365 g/mol. The van der Waals surface area contributed by atoms with Crippen molar-refractivity contribution in [2.75, 3.05) is 20.2 Å². The van der Waals surface area contributed by atoms with E-state index in [0.717, 1.165) is 27.8 Å². The van der Waals surface area contributed by atoms with Crippen LogP contribution in [0.1, 0.15) is 11.1 Å². The van der Waals surface area contributed by atoms with Gasteiger partial charge in [0, 0.05) is 23.6 Å². The van der Waals surface area contributed by atoms with E-state index in [9.17, 15) is 9.59 Å². The standard InChI is InChI=1S/C21H23N3O3/c1-27-17-6-4-5-15(11-17)9-10-22-21(26)14-24-20(25)12-16-13-23-19-8-3-2-7-18(16)19/h2-8,11,13,23H,9-10,12,14H2,1H3,(H,22,26)(H,24,25). The first-order chi connectivity index (χ1) is 13.2. The second kappa shape index (κ2) is 8.89. The van der Waals surface area contributed by atoms with Crippen molar-refractivity contribution in [3.05, 3.63) is 65.9 Å². The van der Waals surface area contributed by atoms with Crippen molar-refractivity contribution >= 4 is 22.7 Å². The molecule has 140 valence electrons. The molecular formula is C21H23N3O3. The van der Waals surface area contributed by atoms with E-state index in [0.29, 0.717) is 13.0 Å². The molecule has 0 bridgehead atoms. The Morgan fingerprint density at radius 1 is 1.04 bits per heavy atom. The number of aromatic nitrogens is 1. The van der Waals surface area contributed by atoms with Crippen LogP contribution in [-0.2, 0) is 22.4 Å². The predicted octanol–water partition coefficient (Wildman–Crippen LogP) is 2.19. The van der Waals surface area contributed by atoms with E-state index in [1.165, 1.54) is 0 Å². The molecule has 0 saturated heterocycles. The van der Waals surface area contributed by atoms with Gasteiger partial charge in [0.05, 0.1) is 20.1 Å². The van der Waals surface area contributed by atoms with E-state index < -0.39 is 0 Å². The van der Waals surface area contributed by atoms with Gasteiger partial charge in [0.25, 0.3) is 0 Å². The highest BCUT2D eigenvalue weighted by Gasteiger charge is 2.10. The maximum absolute atomic E-state index is 12.1. The van der Waals surface area contributed by atoms with Crippen LogP contribution in [0.15, 0.2) is 54.7 Å². The van der Waals surface area contributed by atoms with Crippen LogP contribution >= 0.6 is 0 Å². The van der Waals surface area contributed by atoms with Gasteiger partial charge in [0.2, 0.25) is 11.8 Å². The fraction of sp³-hybridized carbons (Fsp3) is 0.238. The lowest BCUT2D eigenvalue weighted by atomic mass is 10.1. The number of carbonyl (C=O) groups excluding carboxylic acids is 2. The molecular weight excluding hydrogens is 342 g/mol. The van der Waals surface area contributed by atoms with Crippen LogP contribution in [0, 0.1) is 0 Å². The lowest BCUT2D eigenvalue weighted by molar-refractivity contribution is -0.125. The Kier molecular flexibility index (Phi) is 6.10. The number of hydrogen-bond donors (Lipinski definition) is 3. The number of nitrogens with one attached hydrogen (secondary N) is 3. The summed E-state index contributed by atoms with van der Waals surface area (Å²) in [5, 5.41) is 6.50. The molecule has 0 saturated carbocycles. The van der Waals surface area contributed by atoms with Gasteiger partial charge in [0.15, 0.2) is 0 Å². The number of hydrogen-bond acceptors (Lipinski definition) is 3. The molecule has 2 amide bonds. The highest BCUT2D eigenvalue weighted by Crippen LogP contribution is 2.17. The number of amides is 2. The van der Waals surface area contributed by atoms with Gasteiger partial charge in [-0.15, -0.1) is 0 Å². The number of H-pyrrole nitrogens is 1. The molecule has 0 aliphatic rings. The van der Waals surface area contributed by atoms with Crippen molar-refractivity contribution in [1.82, 2.24) is 15.6 Å². The second-order valence-corrected chi connectivity index (χ2v) is 6.26. The number of aromatic amines is 1. The normalized spacial score (nSPS) is 10.6. The van der Waals surface area contributed by atoms with Crippen molar-refractivity contribution in [1.29, 1.82) is 0 Å². The molecule has 1 aromatic heterocycles. The number of carbonyl (C=O) groups is 2. The van der Waals surface area contributed by atoms with Gasteiger partial charge in [-0.1, -0.05) is 30.3 Å². The molecule has 0 fully saturated rings. The SMILES string of the molecule is COc1cccc(CCNC(=O)CNC(=O)Cc2c[nH]c3ccccc23)c1. The first kappa shape index (κ1) is 18.5. The maximum atomic E-state index is 12.1. The third kappa shape index (κ3) is 5.10. The maximum Gasteiger partial charge on any atom is 0.239 e. The van der Waals surface area contributed by atoms with Crippen LogP contribution in [0.5, 0.6) is 5.75 Å². The molecule has 0 aliphatic carbocycles. The molecule has 3 N–H and O–H groups in total. The highest BCUT2D eigenvalue weighted by molar-refractivity contribution is 5.90. The van der Waals surface area contributed by atoms with E-state index in [-0.39, 0.29) is 24.8 Å². The zero-order valence-electron chi connectivity index (χ0n) is 15.2. The smallest absolute Gasteiger partial charge is 0.239 e. The summed E-state index contributed by atoms with van der Waals surface area (Å²) in [4.78, 5) is 27.2. The van der Waals surface area contributed by atoms with Gasteiger partial charge in [-0.05, 0) is 35.7 Å². The van der Waals surface area contributed by atoms with Crippen molar-refractivity contribution in [2.45, 2.75) is 12.8 Å². The van der Waals surface area contributed by atoms with E-state index in [1.54, 1.807) is 7.11 Å². The molecule has 0 radical (unpaired) electrons. The van der Waals surface area contributed by atoms with Gasteiger partial charge < -0.3 is 20.4 Å². The number of benzene rings is 2. The van der Waals surface area contributed by atoms with E-state index >= 15 is 0 Å². The van der Waals surface area contributed by atoms with Crippen LogP contribution < -0.4 is 15.4 Å². The minimum atomic E-state index is -0.204. The van der Waals surface area contributed by atoms with Crippen LogP contribution in [0.25, 0.3) is 10.9 Å². The number of methoxy groups -OCH3 is 1. The van der Waals surface area contributed by atoms with E-state index in [4.69, 9.17) is 4.74 Å². The third-order valence-corrected chi connectivity index (χ3v) is 4.34. The molecule has 0 spiro atoms. The molecule has 0 aliphatic heterocycles. The summed E-state index contributed by atoms with van der Waals surface area (Å²) in [6.45, 7) is 0.476. The van der Waals surface area contributed by atoms with Gasteiger partial charge in [-0.2, -0.15) is 0 Å². The quantitative estimate of drug-likeness (QED) is 0.572. The summed E-state index contributed by atoms with van der Waals surface area (Å²) in [6.07, 6.45) is 2.77. The lowest BCUT2D eigenvalue weighted by Gasteiger charge is -2.08. The van der Waals surface area contributed by atoms with Crippen LogP contribution in [0.4, 0.5) is 0 Å². The lowest BCUT2D eigenvalue weighted by Crippen LogP contribution is -2.38. The summed E-state index contributed by atoms with van der Waals surface area (Å²) < 4.78 is 5.18. The molecule has 0 atom stereocenters. The molecule has 1 heterocycles. The molecule has 3 aromatic rings. The summed E-state index contributed by atoms with van der Waals surface area (Å²) in [5.41, 5.74) is 3.00. The minimum absolute atomic E-state index is 0.0285. The fourth-order valence-electron chi connectivity index (χ4n) is 2.93. The Hall–Kier alpha value is -3.28. The summed E-state index contributed by atoms with van der Waals surface area (Å²) in [7, 11) is 1.62. The molecule has 6 heteroatoms. The first-order valence-corrected chi connectivity index (χ1v) is 8.87. The Balaban J connectivity index is 1.40. The van der Waals surface area contributed by atoms with Crippen molar-refractivity contribution in [3.8, 4) is 5.75 Å². The van der Waals surface area contributed by atoms with Gasteiger partial charge >= 0.3 is 0 Å². The van der Waals surface area contributed by atoms with E-state index in [1.807, 2.05) is 54.7 Å². The monoisotopic (exact) mass is 365 g/mol. The molecule has 27 heavy (non-hydrogen) atoms. The molecule has 3 rings (SSSR count). The third-order valence-electron chi connectivity index (χ3n) is 4.34. The van der Waals surface area contributed by atoms with Gasteiger partial charge in [-0.25, -0.2) is 0 Å². The Morgan fingerprint density at radius 3 is 2.74 bits per heavy atom. The van der Waals surface area contributed by atoms with Crippen LogP contribution in [-0.4, -0.2) is 37.0 Å². The number of ether oxygens (including phenoxy) is 1. The van der Waals surface area contributed by atoms with Crippen molar-refractivity contribution in [2.24, 2.45) is 0 Å². The minimum Gasteiger partial charge on any atom is -0.497 e. The summed E-state index contributed by atoms with van der Waals surface area (Å²) >= 11 is 0. The molecule has 0 unspecified atom stereocenters.